The van der Waals surface area contributed by atoms with Crippen LogP contribution in [0.5, 0.6) is 0 Å². The summed E-state index contributed by atoms with van der Waals surface area (Å²) in [5.74, 6) is 0.718. The van der Waals surface area contributed by atoms with Crippen LogP contribution in [0.1, 0.15) is 82.1 Å². The van der Waals surface area contributed by atoms with Crippen LogP contribution in [0.4, 0.5) is 5.82 Å². The summed E-state index contributed by atoms with van der Waals surface area (Å²) >= 11 is 0. The Morgan fingerprint density at radius 3 is 2.00 bits per heavy atom. The second-order valence-corrected chi connectivity index (χ2v) is 11.7. The van der Waals surface area contributed by atoms with E-state index in [9.17, 15) is 0 Å². The maximum absolute atomic E-state index is 6.23. The first-order valence-electron chi connectivity index (χ1n) is 10.3. The number of hydrogen-bond acceptors (Lipinski definition) is 4. The fourth-order valence-electron chi connectivity index (χ4n) is 4.42. The topological polar surface area (TPSA) is 50.4 Å². The fraction of sp³-hybridized carbons (Fsp3) is 0.667. The average molecular weight is 386 g/mol. The van der Waals surface area contributed by atoms with Gasteiger partial charge in [-0.3, -0.25) is 0 Å². The van der Waals surface area contributed by atoms with Gasteiger partial charge in [-0.2, -0.15) is 0 Å². The van der Waals surface area contributed by atoms with Crippen LogP contribution < -0.4 is 10.9 Å². The summed E-state index contributed by atoms with van der Waals surface area (Å²) in [6.07, 6.45) is 1.95. The van der Waals surface area contributed by atoms with E-state index in [1.54, 1.807) is 0 Å². The van der Waals surface area contributed by atoms with Crippen molar-refractivity contribution in [3.05, 3.63) is 29.8 Å². The number of fused-ring (bicyclic) bond motifs is 1. The summed E-state index contributed by atoms with van der Waals surface area (Å²) in [6.45, 7) is 22.2. The molecule has 0 unspecified atom stereocenters. The summed E-state index contributed by atoms with van der Waals surface area (Å²) in [7, 11) is 0. The molecule has 0 aliphatic carbocycles. The van der Waals surface area contributed by atoms with Crippen molar-refractivity contribution in [2.24, 2.45) is 15.8 Å². The van der Waals surface area contributed by atoms with Crippen molar-refractivity contribution in [3.8, 4) is 0 Å². The Morgan fingerprint density at radius 2 is 1.43 bits per heavy atom. The summed E-state index contributed by atoms with van der Waals surface area (Å²) in [6, 6.07) is 7.87. The lowest BCUT2D eigenvalue weighted by Gasteiger charge is -2.34. The zero-order valence-electron chi connectivity index (χ0n) is 19.5. The quantitative estimate of drug-likeness (QED) is 0.633. The van der Waals surface area contributed by atoms with Gasteiger partial charge in [-0.1, -0.05) is 53.7 Å². The van der Waals surface area contributed by atoms with Gasteiger partial charge in [0, 0.05) is 5.54 Å². The molecule has 0 saturated heterocycles. The first kappa shape index (κ1) is 22.4. The lowest BCUT2D eigenvalue weighted by atomic mass is 9.81. The minimum Gasteiger partial charge on any atom is -0.434 e. The lowest BCUT2D eigenvalue weighted by molar-refractivity contribution is 0.277. The van der Waals surface area contributed by atoms with Gasteiger partial charge in [0.25, 0.3) is 5.55 Å². The van der Waals surface area contributed by atoms with Crippen molar-refractivity contribution in [1.29, 1.82) is 0 Å². The van der Waals surface area contributed by atoms with Crippen LogP contribution in [0, 0.1) is 10.8 Å². The molecule has 1 aromatic carbocycles. The van der Waals surface area contributed by atoms with Crippen LogP contribution in [0.25, 0.3) is 11.1 Å². The van der Waals surface area contributed by atoms with Gasteiger partial charge in [-0.15, -0.1) is 0 Å². The van der Waals surface area contributed by atoms with Crippen molar-refractivity contribution in [1.82, 2.24) is 4.98 Å². The molecule has 0 aliphatic heterocycles. The third-order valence-corrected chi connectivity index (χ3v) is 4.30. The van der Waals surface area contributed by atoms with Gasteiger partial charge in [0.15, 0.2) is 11.4 Å². The highest BCUT2D eigenvalue weighted by Crippen LogP contribution is 2.31. The van der Waals surface area contributed by atoms with Crippen LogP contribution in [-0.4, -0.2) is 16.1 Å². The second kappa shape index (κ2) is 7.53. The Bertz CT molecular complexity index is 877. The molecule has 1 aromatic heterocycles. The molecule has 0 fully saturated rings. The van der Waals surface area contributed by atoms with Gasteiger partial charge >= 0.3 is 0 Å². The first-order chi connectivity index (χ1) is 12.6. The third-order valence-electron chi connectivity index (χ3n) is 4.30. The second-order valence-electron chi connectivity index (χ2n) is 11.7. The van der Waals surface area contributed by atoms with E-state index in [1.807, 2.05) is 24.3 Å². The maximum atomic E-state index is 6.23. The standard InChI is InChI=1S/C24H39N3O/c1-21(2,3)15-23(7,8)26-19-20(27-24(9,10)16-22(4,5)6)28-18-14-12-11-13-17(18)25-19/h11-14H,15-16H2,1-10H3,(H,25,26). The van der Waals surface area contributed by atoms with E-state index in [4.69, 9.17) is 14.4 Å². The highest BCUT2D eigenvalue weighted by atomic mass is 16.3. The summed E-state index contributed by atoms with van der Waals surface area (Å²) in [5.41, 5.74) is 2.16. The Labute approximate surface area is 170 Å². The van der Waals surface area contributed by atoms with Crippen molar-refractivity contribution in [2.45, 2.75) is 93.2 Å². The summed E-state index contributed by atoms with van der Waals surface area (Å²) in [4.78, 5) is 9.89. The highest BCUT2D eigenvalue weighted by molar-refractivity contribution is 5.72. The zero-order chi connectivity index (χ0) is 21.4. The van der Waals surface area contributed by atoms with Crippen LogP contribution in [-0.2, 0) is 0 Å². The van der Waals surface area contributed by atoms with Crippen LogP contribution in [0.3, 0.4) is 0 Å². The molecular formula is C24H39N3O. The largest absolute Gasteiger partial charge is 0.434 e. The molecule has 28 heavy (non-hydrogen) atoms. The summed E-state index contributed by atoms with van der Waals surface area (Å²) in [5, 5.41) is 3.62. The molecular weight excluding hydrogens is 346 g/mol. The molecule has 0 spiro atoms. The number of para-hydroxylation sites is 2. The van der Waals surface area contributed by atoms with E-state index >= 15 is 0 Å². The molecule has 4 heteroatoms. The van der Waals surface area contributed by atoms with Crippen molar-refractivity contribution < 1.29 is 4.42 Å². The number of anilines is 1. The first-order valence-corrected chi connectivity index (χ1v) is 10.3. The Kier molecular flexibility index (Phi) is 6.04. The van der Waals surface area contributed by atoms with E-state index in [0.717, 1.165) is 29.8 Å². The molecule has 4 nitrogen and oxygen atoms in total. The molecule has 0 radical (unpaired) electrons. The lowest BCUT2D eigenvalue weighted by Crippen LogP contribution is -2.38. The molecule has 0 atom stereocenters. The van der Waals surface area contributed by atoms with Gasteiger partial charge < -0.3 is 9.73 Å². The molecule has 156 valence electrons. The van der Waals surface area contributed by atoms with Gasteiger partial charge in [-0.25, -0.2) is 9.98 Å². The Hall–Kier alpha value is -1.84. The Balaban J connectivity index is 2.57. The molecule has 1 heterocycles. The monoisotopic (exact) mass is 385 g/mol. The van der Waals surface area contributed by atoms with E-state index in [2.05, 4.69) is 74.6 Å². The number of benzene rings is 1. The van der Waals surface area contributed by atoms with Gasteiger partial charge in [0.2, 0.25) is 0 Å². The zero-order valence-corrected chi connectivity index (χ0v) is 19.5. The molecule has 0 amide bonds. The minimum absolute atomic E-state index is 0.137. The summed E-state index contributed by atoms with van der Waals surface area (Å²) < 4.78 is 6.23. The molecule has 0 aliphatic rings. The van der Waals surface area contributed by atoms with Crippen LogP contribution in [0.2, 0.25) is 0 Å². The fourth-order valence-corrected chi connectivity index (χ4v) is 4.42. The molecule has 2 rings (SSSR count). The van der Waals surface area contributed by atoms with Crippen LogP contribution in [0.15, 0.2) is 33.7 Å². The smallest absolute Gasteiger partial charge is 0.258 e. The van der Waals surface area contributed by atoms with E-state index in [1.165, 1.54) is 0 Å². The molecule has 1 N–H and O–H groups in total. The van der Waals surface area contributed by atoms with Crippen molar-refractivity contribution in [2.75, 3.05) is 5.32 Å². The van der Waals surface area contributed by atoms with Crippen molar-refractivity contribution in [3.63, 3.8) is 0 Å². The van der Waals surface area contributed by atoms with Gasteiger partial charge in [-0.05, 0) is 63.5 Å². The van der Waals surface area contributed by atoms with E-state index < -0.39 is 0 Å². The minimum atomic E-state index is -0.253. The number of rotatable bonds is 5. The normalized spacial score (nSPS) is 14.6. The van der Waals surface area contributed by atoms with E-state index in [-0.39, 0.29) is 21.9 Å². The SMILES string of the molecule is CC(C)(C)CC(C)(C)N=c1oc2ccccc2nc1NC(C)(C)CC(C)(C)C. The highest BCUT2D eigenvalue weighted by Gasteiger charge is 2.28. The Morgan fingerprint density at radius 1 is 0.857 bits per heavy atom. The number of nitrogens with one attached hydrogen (secondary N) is 1. The predicted molar refractivity (Wildman–Crippen MR) is 119 cm³/mol. The number of aromatic nitrogens is 1. The maximum Gasteiger partial charge on any atom is 0.258 e. The molecule has 0 bridgehead atoms. The number of nitrogens with zero attached hydrogens (tertiary/aromatic N) is 2. The number of hydrogen-bond donors (Lipinski definition) is 1. The van der Waals surface area contributed by atoms with Crippen LogP contribution >= 0.6 is 0 Å². The van der Waals surface area contributed by atoms with E-state index in [0.29, 0.717) is 5.55 Å². The van der Waals surface area contributed by atoms with Gasteiger partial charge in [0.1, 0.15) is 5.52 Å². The predicted octanol–water partition coefficient (Wildman–Crippen LogP) is 6.57. The van der Waals surface area contributed by atoms with Crippen molar-refractivity contribution >= 4 is 16.9 Å². The van der Waals surface area contributed by atoms with Gasteiger partial charge in [0.05, 0.1) is 5.54 Å². The average Bonchev–Trinajstić information content (AvgIpc) is 2.41. The molecule has 0 saturated carbocycles. The molecule has 2 aromatic rings. The third kappa shape index (κ3) is 6.96.